The highest BCUT2D eigenvalue weighted by Gasteiger charge is 2.21. The van der Waals surface area contributed by atoms with Crippen molar-refractivity contribution in [3.8, 4) is 0 Å². The van der Waals surface area contributed by atoms with Crippen molar-refractivity contribution in [2.45, 2.75) is 129 Å². The highest BCUT2D eigenvalue weighted by molar-refractivity contribution is 5.66. The van der Waals surface area contributed by atoms with Gasteiger partial charge < -0.3 is 10.5 Å². The number of carbonyl (C=O) groups is 1. The Morgan fingerprint density at radius 1 is 0.792 bits per heavy atom. The van der Waals surface area contributed by atoms with Crippen LogP contribution in [0.2, 0.25) is 0 Å². The molecule has 0 rings (SSSR count). The number of quaternary nitrogens is 1. The summed E-state index contributed by atoms with van der Waals surface area (Å²) in [4.78, 5) is 11.2. The van der Waals surface area contributed by atoms with Gasteiger partial charge in [0.2, 0.25) is 0 Å². The van der Waals surface area contributed by atoms with Crippen LogP contribution in [-0.2, 0) is 9.53 Å². The molecule has 3 N–H and O–H groups in total. The summed E-state index contributed by atoms with van der Waals surface area (Å²) in [6.45, 7) is 5.88. The second-order valence-electron chi connectivity index (χ2n) is 7.35. The summed E-state index contributed by atoms with van der Waals surface area (Å²) < 4.78 is 5.41. The Morgan fingerprint density at radius 3 is 1.58 bits per heavy atom. The number of ether oxygens (including phenoxy) is 1. The monoisotopic (exact) mass is 342 g/mol. The van der Waals surface area contributed by atoms with Crippen molar-refractivity contribution in [3.05, 3.63) is 0 Å². The van der Waals surface area contributed by atoms with Gasteiger partial charge in [0.1, 0.15) is 6.04 Å². The van der Waals surface area contributed by atoms with Gasteiger partial charge in [-0.25, -0.2) is 0 Å². The van der Waals surface area contributed by atoms with Crippen molar-refractivity contribution in [2.75, 3.05) is 0 Å². The van der Waals surface area contributed by atoms with Crippen LogP contribution in [0.4, 0.5) is 0 Å². The van der Waals surface area contributed by atoms with Gasteiger partial charge in [0.15, 0.2) is 6.10 Å². The minimum Gasteiger partial charge on any atom is -0.456 e. The summed E-state index contributed by atoms with van der Waals surface area (Å²) in [6, 6.07) is 0.228. The van der Waals surface area contributed by atoms with Gasteiger partial charge >= 0.3 is 5.97 Å². The van der Waals surface area contributed by atoms with Gasteiger partial charge in [-0.1, -0.05) is 90.9 Å². The highest BCUT2D eigenvalue weighted by atomic mass is 16.5. The van der Waals surface area contributed by atoms with E-state index in [4.69, 9.17) is 4.74 Å². The number of rotatable bonds is 17. The molecular weight excluding hydrogens is 298 g/mol. The fourth-order valence-electron chi connectivity index (χ4n) is 3.23. The van der Waals surface area contributed by atoms with Gasteiger partial charge in [-0.3, -0.25) is 4.79 Å². The van der Waals surface area contributed by atoms with Crippen LogP contribution >= 0.6 is 0 Å². The average molecular weight is 343 g/mol. The normalized spacial score (nSPS) is 13.7. The molecule has 0 aromatic carbocycles. The Hall–Kier alpha value is -0.570. The number of hydrogen-bond acceptors (Lipinski definition) is 2. The average Bonchev–Trinajstić information content (AvgIpc) is 2.56. The fraction of sp³-hybridized carbons (Fsp3) is 0.952. The second kappa shape index (κ2) is 17.3. The standard InChI is InChI=1S/C21H43NO2/c1-4-6-7-8-9-10-11-12-13-14-15-16-17-18-21(20(22)5-2)24-19(3)23/h20-21H,4-18,22H2,1-3H3/p+1/t20-,21+/m0/s1. The van der Waals surface area contributed by atoms with Crippen LogP contribution < -0.4 is 5.73 Å². The van der Waals surface area contributed by atoms with Crippen LogP contribution in [0.3, 0.4) is 0 Å². The SMILES string of the molecule is CCCCCCCCCCCCCCC[C@@H](OC(C)=O)[C@@H]([NH3+])CC. The molecule has 0 spiro atoms. The Labute approximate surface area is 151 Å². The van der Waals surface area contributed by atoms with Crippen molar-refractivity contribution in [2.24, 2.45) is 0 Å². The van der Waals surface area contributed by atoms with Gasteiger partial charge in [-0.05, 0) is 12.8 Å². The van der Waals surface area contributed by atoms with Crippen LogP contribution in [0.15, 0.2) is 0 Å². The Bertz CT molecular complexity index is 281. The number of unbranched alkanes of at least 4 members (excludes halogenated alkanes) is 12. The van der Waals surface area contributed by atoms with Crippen LogP contribution in [0.25, 0.3) is 0 Å². The first-order valence-electron chi connectivity index (χ1n) is 10.6. The molecule has 24 heavy (non-hydrogen) atoms. The molecule has 0 saturated carbocycles. The third kappa shape index (κ3) is 15.0. The first-order valence-corrected chi connectivity index (χ1v) is 10.6. The molecule has 0 amide bonds. The molecule has 0 aliphatic carbocycles. The molecule has 0 heterocycles. The van der Waals surface area contributed by atoms with Crippen LogP contribution in [0, 0.1) is 0 Å². The van der Waals surface area contributed by atoms with E-state index in [-0.39, 0.29) is 18.1 Å². The lowest BCUT2D eigenvalue weighted by Crippen LogP contribution is -2.66. The number of esters is 1. The maximum absolute atomic E-state index is 11.2. The predicted molar refractivity (Wildman–Crippen MR) is 103 cm³/mol. The minimum absolute atomic E-state index is 0.0141. The van der Waals surface area contributed by atoms with Crippen molar-refractivity contribution >= 4 is 5.97 Å². The lowest BCUT2D eigenvalue weighted by atomic mass is 10.0. The maximum atomic E-state index is 11.2. The van der Waals surface area contributed by atoms with E-state index >= 15 is 0 Å². The number of carbonyl (C=O) groups excluding carboxylic acids is 1. The van der Waals surface area contributed by atoms with E-state index in [1.54, 1.807) is 0 Å². The molecule has 0 bridgehead atoms. The van der Waals surface area contributed by atoms with E-state index in [0.29, 0.717) is 0 Å². The quantitative estimate of drug-likeness (QED) is 0.283. The molecule has 0 radical (unpaired) electrons. The van der Waals surface area contributed by atoms with Crippen LogP contribution in [-0.4, -0.2) is 18.1 Å². The van der Waals surface area contributed by atoms with E-state index in [9.17, 15) is 4.79 Å². The Kier molecular flexibility index (Phi) is 16.8. The highest BCUT2D eigenvalue weighted by Crippen LogP contribution is 2.15. The second-order valence-corrected chi connectivity index (χ2v) is 7.35. The summed E-state index contributed by atoms with van der Waals surface area (Å²) in [5.74, 6) is -0.170. The first kappa shape index (κ1) is 23.4. The van der Waals surface area contributed by atoms with Gasteiger partial charge in [0, 0.05) is 13.3 Å². The molecule has 3 nitrogen and oxygen atoms in total. The zero-order valence-corrected chi connectivity index (χ0v) is 16.8. The fourth-order valence-corrected chi connectivity index (χ4v) is 3.23. The van der Waals surface area contributed by atoms with E-state index in [0.717, 1.165) is 19.3 Å². The molecule has 0 fully saturated rings. The van der Waals surface area contributed by atoms with E-state index in [1.807, 2.05) is 0 Å². The lowest BCUT2D eigenvalue weighted by molar-refractivity contribution is -0.438. The van der Waals surface area contributed by atoms with Gasteiger partial charge in [-0.15, -0.1) is 0 Å². The summed E-state index contributed by atoms with van der Waals surface area (Å²) in [7, 11) is 0. The maximum Gasteiger partial charge on any atom is 0.303 e. The predicted octanol–water partition coefficient (Wildman–Crippen LogP) is 5.42. The zero-order valence-electron chi connectivity index (χ0n) is 16.8. The topological polar surface area (TPSA) is 53.9 Å². The molecule has 2 atom stereocenters. The van der Waals surface area contributed by atoms with Crippen molar-refractivity contribution in [1.29, 1.82) is 0 Å². The van der Waals surface area contributed by atoms with E-state index in [1.165, 1.54) is 84.0 Å². The summed E-state index contributed by atoms with van der Waals surface area (Å²) >= 11 is 0. The Balaban J connectivity index is 3.41. The largest absolute Gasteiger partial charge is 0.456 e. The van der Waals surface area contributed by atoms with E-state index < -0.39 is 0 Å². The van der Waals surface area contributed by atoms with Crippen molar-refractivity contribution in [1.82, 2.24) is 0 Å². The van der Waals surface area contributed by atoms with Crippen molar-refractivity contribution in [3.63, 3.8) is 0 Å². The lowest BCUT2D eigenvalue weighted by Gasteiger charge is -2.19. The molecule has 3 heteroatoms. The zero-order chi connectivity index (χ0) is 18.0. The van der Waals surface area contributed by atoms with Gasteiger partial charge in [0.05, 0.1) is 0 Å². The third-order valence-corrected chi connectivity index (χ3v) is 4.96. The molecule has 0 aromatic heterocycles. The van der Waals surface area contributed by atoms with Crippen molar-refractivity contribution < 1.29 is 15.3 Å². The summed E-state index contributed by atoms with van der Waals surface area (Å²) in [5, 5.41) is 0. The Morgan fingerprint density at radius 2 is 1.21 bits per heavy atom. The smallest absolute Gasteiger partial charge is 0.303 e. The van der Waals surface area contributed by atoms with Gasteiger partial charge in [0.25, 0.3) is 0 Å². The molecule has 0 unspecified atom stereocenters. The first-order chi connectivity index (χ1) is 11.6. The van der Waals surface area contributed by atoms with Gasteiger partial charge in [-0.2, -0.15) is 0 Å². The molecule has 0 saturated heterocycles. The summed E-state index contributed by atoms with van der Waals surface area (Å²) in [6.07, 6.45) is 19.7. The molecule has 0 aliphatic rings. The molecule has 0 aliphatic heterocycles. The minimum atomic E-state index is -0.170. The van der Waals surface area contributed by atoms with Crippen LogP contribution in [0.1, 0.15) is 117 Å². The molecular formula is C21H44NO2+. The van der Waals surface area contributed by atoms with Crippen LogP contribution in [0.5, 0.6) is 0 Å². The van der Waals surface area contributed by atoms with E-state index in [2.05, 4.69) is 19.6 Å². The number of hydrogen-bond donors (Lipinski definition) is 1. The third-order valence-electron chi connectivity index (χ3n) is 4.96. The molecule has 0 aromatic rings. The molecule has 144 valence electrons. The summed E-state index contributed by atoms with van der Waals surface area (Å²) in [5.41, 5.74) is 4.11.